The maximum Gasteiger partial charge on any atom is 0.511 e. The summed E-state index contributed by atoms with van der Waals surface area (Å²) >= 11 is 0. The topological polar surface area (TPSA) is 70.0 Å². The minimum atomic E-state index is -0.880. The number of carbonyl (C=O) groups is 2. The number of likely N-dealkylation sites (N-methyl/N-ethyl adjacent to an activating group) is 1. The molecule has 0 spiro atoms. The number of rotatable bonds is 5. The van der Waals surface area contributed by atoms with Gasteiger partial charge in [0.1, 0.15) is 5.60 Å². The molecule has 1 aromatic heterocycles. The largest absolute Gasteiger partial charge is 0.511 e. The number of fused-ring (bicyclic) bond motifs is 1. The first-order valence-corrected chi connectivity index (χ1v) is 8.85. The van der Waals surface area contributed by atoms with E-state index in [2.05, 4.69) is 11.0 Å². The van der Waals surface area contributed by atoms with E-state index in [0.717, 1.165) is 35.0 Å². The molecular formula is C20H28N2O5. The SMILES string of the molecule is Cc1ccc2c(c1)c(CCN(C)C)cn2C(=O)OCOC(=O)OC(C)(C)C. The van der Waals surface area contributed by atoms with Crippen LogP contribution in [0.5, 0.6) is 0 Å². The van der Waals surface area contributed by atoms with Crippen molar-refractivity contribution in [2.45, 2.75) is 39.7 Å². The molecule has 0 amide bonds. The Balaban J connectivity index is 2.10. The molecule has 27 heavy (non-hydrogen) atoms. The summed E-state index contributed by atoms with van der Waals surface area (Å²) in [6.07, 6.45) is 1.10. The molecule has 0 N–H and O–H groups in total. The van der Waals surface area contributed by atoms with Crippen molar-refractivity contribution in [3.63, 3.8) is 0 Å². The molecule has 2 aromatic rings. The van der Waals surface area contributed by atoms with Crippen LogP contribution in [0, 0.1) is 6.92 Å². The van der Waals surface area contributed by atoms with Gasteiger partial charge in [0, 0.05) is 18.1 Å². The van der Waals surface area contributed by atoms with E-state index < -0.39 is 24.6 Å². The van der Waals surface area contributed by atoms with Crippen molar-refractivity contribution in [2.24, 2.45) is 0 Å². The summed E-state index contributed by atoms with van der Waals surface area (Å²) in [5.74, 6) is 0. The Morgan fingerprint density at radius 1 is 1.15 bits per heavy atom. The minimum Gasteiger partial charge on any atom is -0.428 e. The third-order valence-electron chi connectivity index (χ3n) is 3.82. The lowest BCUT2D eigenvalue weighted by Crippen LogP contribution is -2.25. The highest BCUT2D eigenvalue weighted by Crippen LogP contribution is 2.24. The minimum absolute atomic E-state index is 0.508. The molecule has 148 valence electrons. The maximum atomic E-state index is 12.5. The first-order valence-electron chi connectivity index (χ1n) is 8.85. The highest BCUT2D eigenvalue weighted by atomic mass is 16.8. The second-order valence-corrected chi connectivity index (χ2v) is 7.74. The van der Waals surface area contributed by atoms with Gasteiger partial charge in [0.15, 0.2) is 0 Å². The van der Waals surface area contributed by atoms with Gasteiger partial charge in [0.05, 0.1) is 5.52 Å². The lowest BCUT2D eigenvalue weighted by molar-refractivity contribution is -0.0464. The predicted molar refractivity (Wildman–Crippen MR) is 103 cm³/mol. The third kappa shape index (κ3) is 5.99. The molecule has 0 bridgehead atoms. The summed E-state index contributed by atoms with van der Waals surface area (Å²) < 4.78 is 16.3. The van der Waals surface area contributed by atoms with E-state index in [9.17, 15) is 9.59 Å². The third-order valence-corrected chi connectivity index (χ3v) is 3.82. The van der Waals surface area contributed by atoms with E-state index in [4.69, 9.17) is 14.2 Å². The zero-order valence-corrected chi connectivity index (χ0v) is 16.9. The summed E-state index contributed by atoms with van der Waals surface area (Å²) in [7, 11) is 4.01. The Labute approximate surface area is 159 Å². The van der Waals surface area contributed by atoms with Gasteiger partial charge >= 0.3 is 12.2 Å². The van der Waals surface area contributed by atoms with Gasteiger partial charge < -0.3 is 19.1 Å². The van der Waals surface area contributed by atoms with Gasteiger partial charge in [-0.25, -0.2) is 9.59 Å². The average molecular weight is 376 g/mol. The molecule has 0 aliphatic rings. The molecular weight excluding hydrogens is 348 g/mol. The van der Waals surface area contributed by atoms with Crippen LogP contribution < -0.4 is 0 Å². The smallest absolute Gasteiger partial charge is 0.428 e. The number of hydrogen-bond donors (Lipinski definition) is 0. The predicted octanol–water partition coefficient (Wildman–Crippen LogP) is 3.95. The van der Waals surface area contributed by atoms with Gasteiger partial charge in [-0.05, 0) is 65.9 Å². The molecule has 0 aliphatic carbocycles. The normalized spacial score (nSPS) is 11.7. The lowest BCUT2D eigenvalue weighted by atomic mass is 10.1. The summed E-state index contributed by atoms with van der Waals surface area (Å²) in [5.41, 5.74) is 2.27. The van der Waals surface area contributed by atoms with E-state index in [0.29, 0.717) is 0 Å². The Kier molecular flexibility index (Phi) is 6.49. The summed E-state index contributed by atoms with van der Waals surface area (Å²) in [6.45, 7) is 7.55. The molecule has 0 aliphatic heterocycles. The van der Waals surface area contributed by atoms with Crippen LogP contribution in [0.4, 0.5) is 9.59 Å². The molecule has 7 heteroatoms. The fraction of sp³-hybridized carbons (Fsp3) is 0.500. The summed E-state index contributed by atoms with van der Waals surface area (Å²) in [6, 6.07) is 5.89. The van der Waals surface area contributed by atoms with Crippen LogP contribution in [0.25, 0.3) is 10.9 Å². The molecule has 0 unspecified atom stereocenters. The van der Waals surface area contributed by atoms with Gasteiger partial charge in [0.25, 0.3) is 0 Å². The number of carbonyl (C=O) groups excluding carboxylic acids is 2. The standard InChI is InChI=1S/C20H28N2O5/c1-14-7-8-17-16(11-14)15(9-10-21(5)6)12-22(17)18(23)25-13-26-19(24)27-20(2,3)4/h7-8,11-12H,9-10,13H2,1-6H3. The number of nitrogens with zero attached hydrogens (tertiary/aromatic N) is 2. The number of aromatic nitrogens is 1. The Morgan fingerprint density at radius 2 is 1.85 bits per heavy atom. The van der Waals surface area contributed by atoms with Crippen LogP contribution in [0.3, 0.4) is 0 Å². The zero-order chi connectivity index (χ0) is 20.2. The lowest BCUT2D eigenvalue weighted by Gasteiger charge is -2.18. The summed E-state index contributed by atoms with van der Waals surface area (Å²) in [4.78, 5) is 26.1. The maximum absolute atomic E-state index is 12.5. The van der Waals surface area contributed by atoms with E-state index in [1.165, 1.54) is 4.57 Å². The van der Waals surface area contributed by atoms with E-state index in [1.807, 2.05) is 33.2 Å². The van der Waals surface area contributed by atoms with E-state index >= 15 is 0 Å². The molecule has 0 saturated heterocycles. The van der Waals surface area contributed by atoms with Crippen LogP contribution in [-0.4, -0.2) is 54.7 Å². The van der Waals surface area contributed by atoms with Crippen molar-refractivity contribution in [3.05, 3.63) is 35.5 Å². The van der Waals surface area contributed by atoms with Gasteiger partial charge in [0.2, 0.25) is 6.79 Å². The molecule has 2 rings (SSSR count). The van der Waals surface area contributed by atoms with Gasteiger partial charge in [-0.1, -0.05) is 11.6 Å². The monoisotopic (exact) mass is 376 g/mol. The van der Waals surface area contributed by atoms with Crippen molar-refractivity contribution >= 4 is 23.2 Å². The van der Waals surface area contributed by atoms with Gasteiger partial charge in [-0.15, -0.1) is 0 Å². The van der Waals surface area contributed by atoms with Crippen LogP contribution in [0.1, 0.15) is 31.9 Å². The average Bonchev–Trinajstić information content (AvgIpc) is 2.89. The van der Waals surface area contributed by atoms with Crippen molar-refractivity contribution in [1.29, 1.82) is 0 Å². The zero-order valence-electron chi connectivity index (χ0n) is 16.9. The van der Waals surface area contributed by atoms with Crippen molar-refractivity contribution < 1.29 is 23.8 Å². The van der Waals surface area contributed by atoms with Crippen molar-refractivity contribution in [1.82, 2.24) is 9.47 Å². The molecule has 0 saturated carbocycles. The number of hydrogen-bond acceptors (Lipinski definition) is 6. The fourth-order valence-electron chi connectivity index (χ4n) is 2.58. The fourth-order valence-corrected chi connectivity index (χ4v) is 2.58. The highest BCUT2D eigenvalue weighted by molar-refractivity contribution is 5.92. The number of aryl methyl sites for hydroxylation is 1. The van der Waals surface area contributed by atoms with Gasteiger partial charge in [-0.2, -0.15) is 0 Å². The first-order chi connectivity index (χ1) is 12.6. The molecule has 0 atom stereocenters. The van der Waals surface area contributed by atoms with Crippen LogP contribution in [-0.2, 0) is 20.6 Å². The molecule has 0 radical (unpaired) electrons. The Morgan fingerprint density at radius 3 is 2.48 bits per heavy atom. The second-order valence-electron chi connectivity index (χ2n) is 7.74. The number of benzene rings is 1. The van der Waals surface area contributed by atoms with Crippen molar-refractivity contribution in [3.8, 4) is 0 Å². The van der Waals surface area contributed by atoms with Gasteiger partial charge in [-0.3, -0.25) is 4.57 Å². The van der Waals surface area contributed by atoms with E-state index in [-0.39, 0.29) is 0 Å². The number of ether oxygens (including phenoxy) is 3. The highest BCUT2D eigenvalue weighted by Gasteiger charge is 2.19. The van der Waals surface area contributed by atoms with Crippen LogP contribution in [0.15, 0.2) is 24.4 Å². The molecule has 0 fully saturated rings. The quantitative estimate of drug-likeness (QED) is 0.581. The Hall–Kier alpha value is -2.54. The molecule has 1 aromatic carbocycles. The van der Waals surface area contributed by atoms with Crippen LogP contribution >= 0.6 is 0 Å². The molecule has 1 heterocycles. The van der Waals surface area contributed by atoms with Crippen molar-refractivity contribution in [2.75, 3.05) is 27.4 Å². The van der Waals surface area contributed by atoms with Crippen LogP contribution in [0.2, 0.25) is 0 Å². The second kappa shape index (κ2) is 8.43. The van der Waals surface area contributed by atoms with E-state index in [1.54, 1.807) is 27.0 Å². The molecule has 7 nitrogen and oxygen atoms in total. The summed E-state index contributed by atoms with van der Waals surface area (Å²) in [5, 5.41) is 1.02. The first kappa shape index (κ1) is 20.8. The Bertz CT molecular complexity index is 818.